The number of ether oxygens (including phenoxy) is 1. The largest absolute Gasteiger partial charge is 0.495 e. The van der Waals surface area contributed by atoms with Gasteiger partial charge in [-0.05, 0) is 24.6 Å². The highest BCUT2D eigenvalue weighted by Crippen LogP contribution is 2.28. The molecule has 29 heavy (non-hydrogen) atoms. The number of carbonyl (C=O) groups is 2. The average Bonchev–Trinajstić information content (AvgIpc) is 2.78. The van der Waals surface area contributed by atoms with Crippen molar-refractivity contribution in [1.82, 2.24) is 15.5 Å². The van der Waals surface area contributed by atoms with Crippen molar-refractivity contribution in [2.24, 2.45) is 0 Å². The molecule has 3 amide bonds. The Bertz CT molecular complexity index is 820. The van der Waals surface area contributed by atoms with Crippen LogP contribution in [0, 0.1) is 0 Å². The predicted octanol–water partition coefficient (Wildman–Crippen LogP) is 2.23. The molecule has 1 heterocycles. The first-order valence-corrected chi connectivity index (χ1v) is 9.83. The van der Waals surface area contributed by atoms with Gasteiger partial charge >= 0.3 is 6.03 Å². The Morgan fingerprint density at radius 3 is 2.34 bits per heavy atom. The molecular weight excluding hydrogens is 368 g/mol. The summed E-state index contributed by atoms with van der Waals surface area (Å²) in [5, 5.41) is 5.16. The molecule has 1 saturated heterocycles. The molecule has 1 aliphatic rings. The first kappa shape index (κ1) is 20.7. The van der Waals surface area contributed by atoms with Crippen molar-refractivity contribution in [2.45, 2.75) is 19.5 Å². The van der Waals surface area contributed by atoms with Crippen LogP contribution in [0.15, 0.2) is 54.6 Å². The van der Waals surface area contributed by atoms with Gasteiger partial charge in [0.15, 0.2) is 0 Å². The standard InChI is InChI=1S/C22H28N4O3/c1-17(21(27)24-22(28)23-16-18-8-4-3-5-9-18)25-12-14-26(15-13-25)19-10-6-7-11-20(19)29-2/h3-11,17H,12-16H2,1-2H3,(H2,23,24,27,28)/t17-/m1/s1. The molecule has 0 spiro atoms. The van der Waals surface area contributed by atoms with Crippen LogP contribution in [0.2, 0.25) is 0 Å². The zero-order chi connectivity index (χ0) is 20.6. The molecule has 0 aromatic heterocycles. The lowest BCUT2D eigenvalue weighted by molar-refractivity contribution is -0.124. The molecule has 154 valence electrons. The number of piperazine rings is 1. The maximum atomic E-state index is 12.5. The maximum Gasteiger partial charge on any atom is 0.321 e. The molecule has 7 heteroatoms. The first-order valence-electron chi connectivity index (χ1n) is 9.83. The third-order valence-corrected chi connectivity index (χ3v) is 5.20. The van der Waals surface area contributed by atoms with Crippen molar-refractivity contribution in [3.05, 3.63) is 60.2 Å². The summed E-state index contributed by atoms with van der Waals surface area (Å²) in [6.45, 7) is 5.26. The highest BCUT2D eigenvalue weighted by Gasteiger charge is 2.27. The van der Waals surface area contributed by atoms with E-state index in [4.69, 9.17) is 4.74 Å². The summed E-state index contributed by atoms with van der Waals surface area (Å²) >= 11 is 0. The van der Waals surface area contributed by atoms with E-state index in [0.717, 1.165) is 43.2 Å². The topological polar surface area (TPSA) is 73.9 Å². The van der Waals surface area contributed by atoms with E-state index in [1.807, 2.05) is 61.5 Å². The van der Waals surface area contributed by atoms with Crippen LogP contribution in [0.4, 0.5) is 10.5 Å². The molecule has 0 radical (unpaired) electrons. The number of hydrogen-bond acceptors (Lipinski definition) is 5. The molecule has 7 nitrogen and oxygen atoms in total. The van der Waals surface area contributed by atoms with Gasteiger partial charge in [0.05, 0.1) is 18.8 Å². The molecule has 0 bridgehead atoms. The van der Waals surface area contributed by atoms with Gasteiger partial charge in [-0.3, -0.25) is 15.0 Å². The van der Waals surface area contributed by atoms with E-state index in [-0.39, 0.29) is 11.9 Å². The fourth-order valence-electron chi connectivity index (χ4n) is 3.45. The minimum absolute atomic E-state index is 0.290. The fraction of sp³-hybridized carbons (Fsp3) is 0.364. The highest BCUT2D eigenvalue weighted by atomic mass is 16.5. The second-order valence-corrected chi connectivity index (χ2v) is 7.03. The summed E-state index contributed by atoms with van der Waals surface area (Å²) < 4.78 is 5.45. The maximum absolute atomic E-state index is 12.5. The molecule has 1 fully saturated rings. The van der Waals surface area contributed by atoms with Gasteiger partial charge in [-0.1, -0.05) is 42.5 Å². The van der Waals surface area contributed by atoms with Gasteiger partial charge in [0, 0.05) is 32.7 Å². The molecule has 1 atom stereocenters. The predicted molar refractivity (Wildman–Crippen MR) is 113 cm³/mol. The van der Waals surface area contributed by atoms with E-state index >= 15 is 0 Å². The van der Waals surface area contributed by atoms with Crippen LogP contribution < -0.4 is 20.3 Å². The summed E-state index contributed by atoms with van der Waals surface area (Å²) in [4.78, 5) is 28.9. The van der Waals surface area contributed by atoms with Crippen LogP contribution in [-0.4, -0.2) is 56.2 Å². The number of methoxy groups -OCH3 is 1. The quantitative estimate of drug-likeness (QED) is 0.783. The summed E-state index contributed by atoms with van der Waals surface area (Å²) in [6.07, 6.45) is 0. The number of amides is 3. The Kier molecular flexibility index (Phi) is 7.08. The van der Waals surface area contributed by atoms with Crippen LogP contribution in [-0.2, 0) is 11.3 Å². The second kappa shape index (κ2) is 9.93. The molecule has 3 rings (SSSR count). The summed E-state index contributed by atoms with van der Waals surface area (Å²) in [7, 11) is 1.67. The lowest BCUT2D eigenvalue weighted by Crippen LogP contribution is -2.55. The zero-order valence-corrected chi connectivity index (χ0v) is 16.9. The normalized spacial score (nSPS) is 15.4. The number of rotatable bonds is 6. The lowest BCUT2D eigenvalue weighted by Gasteiger charge is -2.38. The highest BCUT2D eigenvalue weighted by molar-refractivity contribution is 5.96. The van der Waals surface area contributed by atoms with E-state index in [2.05, 4.69) is 20.4 Å². The van der Waals surface area contributed by atoms with Crippen molar-refractivity contribution in [3.8, 4) is 5.75 Å². The Morgan fingerprint density at radius 1 is 1.00 bits per heavy atom. The number of benzene rings is 2. The molecule has 2 aromatic carbocycles. The molecule has 2 aromatic rings. The van der Waals surface area contributed by atoms with Gasteiger partial charge in [0.1, 0.15) is 5.75 Å². The second-order valence-electron chi connectivity index (χ2n) is 7.03. The van der Waals surface area contributed by atoms with Gasteiger partial charge < -0.3 is 15.0 Å². The number of carbonyl (C=O) groups excluding carboxylic acids is 2. The Hall–Kier alpha value is -3.06. The Balaban J connectivity index is 1.46. The molecule has 0 unspecified atom stereocenters. The molecule has 1 aliphatic heterocycles. The van der Waals surface area contributed by atoms with Crippen molar-refractivity contribution < 1.29 is 14.3 Å². The number of imide groups is 1. The van der Waals surface area contributed by atoms with Gasteiger partial charge in [0.2, 0.25) is 5.91 Å². The number of anilines is 1. The third-order valence-electron chi connectivity index (χ3n) is 5.20. The number of nitrogens with one attached hydrogen (secondary N) is 2. The van der Waals surface area contributed by atoms with Crippen LogP contribution in [0.5, 0.6) is 5.75 Å². The van der Waals surface area contributed by atoms with Crippen molar-refractivity contribution in [2.75, 3.05) is 38.2 Å². The minimum Gasteiger partial charge on any atom is -0.495 e. The number of nitrogens with zero attached hydrogens (tertiary/aromatic N) is 2. The van der Waals surface area contributed by atoms with E-state index in [0.29, 0.717) is 6.54 Å². The number of urea groups is 1. The number of hydrogen-bond donors (Lipinski definition) is 2. The Morgan fingerprint density at radius 2 is 1.66 bits per heavy atom. The SMILES string of the molecule is COc1ccccc1N1CCN([C@H](C)C(=O)NC(=O)NCc2ccccc2)CC1. The molecule has 2 N–H and O–H groups in total. The van der Waals surface area contributed by atoms with E-state index in [1.165, 1.54) is 0 Å². The molecular formula is C22H28N4O3. The van der Waals surface area contributed by atoms with E-state index < -0.39 is 6.03 Å². The van der Waals surface area contributed by atoms with Gasteiger partial charge in [0.25, 0.3) is 0 Å². The van der Waals surface area contributed by atoms with Gasteiger partial charge in [-0.25, -0.2) is 4.79 Å². The summed E-state index contributed by atoms with van der Waals surface area (Å²) in [5.41, 5.74) is 2.04. The van der Waals surface area contributed by atoms with Crippen LogP contribution >= 0.6 is 0 Å². The smallest absolute Gasteiger partial charge is 0.321 e. The van der Waals surface area contributed by atoms with Gasteiger partial charge in [-0.2, -0.15) is 0 Å². The fourth-order valence-corrected chi connectivity index (χ4v) is 3.45. The van der Waals surface area contributed by atoms with E-state index in [1.54, 1.807) is 7.11 Å². The third kappa shape index (κ3) is 5.48. The molecule has 0 saturated carbocycles. The average molecular weight is 396 g/mol. The Labute approximate surface area is 171 Å². The van der Waals surface area contributed by atoms with E-state index in [9.17, 15) is 9.59 Å². The minimum atomic E-state index is -0.474. The molecule has 0 aliphatic carbocycles. The summed E-state index contributed by atoms with van der Waals surface area (Å²) in [5.74, 6) is 0.558. The lowest BCUT2D eigenvalue weighted by atomic mass is 10.2. The summed E-state index contributed by atoms with van der Waals surface area (Å²) in [6, 6.07) is 16.7. The van der Waals surface area contributed by atoms with Crippen molar-refractivity contribution in [1.29, 1.82) is 0 Å². The van der Waals surface area contributed by atoms with Crippen LogP contribution in [0.3, 0.4) is 0 Å². The van der Waals surface area contributed by atoms with Crippen molar-refractivity contribution >= 4 is 17.6 Å². The van der Waals surface area contributed by atoms with Crippen LogP contribution in [0.25, 0.3) is 0 Å². The van der Waals surface area contributed by atoms with Gasteiger partial charge in [-0.15, -0.1) is 0 Å². The van der Waals surface area contributed by atoms with Crippen LogP contribution in [0.1, 0.15) is 12.5 Å². The number of para-hydroxylation sites is 2. The van der Waals surface area contributed by atoms with Crippen molar-refractivity contribution in [3.63, 3.8) is 0 Å². The first-order chi connectivity index (χ1) is 14.1. The zero-order valence-electron chi connectivity index (χ0n) is 16.9. The monoisotopic (exact) mass is 396 g/mol.